The first-order chi connectivity index (χ1) is 14.5. The van der Waals surface area contributed by atoms with Crippen molar-refractivity contribution in [3.05, 3.63) is 11.6 Å². The number of fused-ring (bicyclic) bond motifs is 1. The first-order valence-electron chi connectivity index (χ1n) is 8.69. The molecule has 31 heavy (non-hydrogen) atoms. The highest BCUT2D eigenvalue weighted by Crippen LogP contribution is 2.42. The highest BCUT2D eigenvalue weighted by Gasteiger charge is 2.41. The number of anilines is 1. The summed E-state index contributed by atoms with van der Waals surface area (Å²) in [5.74, 6) is -4.06. The minimum Gasteiger partial charge on any atom is -0.388 e. The largest absolute Gasteiger partial charge is 0.388 e. The molecule has 1 fully saturated rings. The van der Waals surface area contributed by atoms with Crippen LogP contribution in [0.4, 0.5) is 5.82 Å². The topological polar surface area (TPSA) is 224 Å². The Morgan fingerprint density at radius 1 is 1.45 bits per heavy atom. The summed E-state index contributed by atoms with van der Waals surface area (Å²) in [6, 6.07) is 0. The van der Waals surface area contributed by atoms with Crippen molar-refractivity contribution in [3.8, 4) is 0 Å². The van der Waals surface area contributed by atoms with Crippen molar-refractivity contribution >= 4 is 48.0 Å². The third kappa shape index (κ3) is 5.27. The van der Waals surface area contributed by atoms with Crippen LogP contribution in [0.3, 0.4) is 0 Å². The molecule has 0 saturated carbocycles. The molecule has 2 amide bonds. The van der Waals surface area contributed by atoms with Crippen LogP contribution in [0.25, 0.3) is 11.2 Å². The molecule has 1 saturated heterocycles. The molecule has 3 rings (SSSR count). The normalized spacial score (nSPS) is 22.4. The summed E-state index contributed by atoms with van der Waals surface area (Å²) in [5.41, 5.74) is 9.96. The number of amides is 2. The Morgan fingerprint density at radius 2 is 2.16 bits per heavy atom. The number of nitrogens with two attached hydrogens (primary N) is 1. The summed E-state index contributed by atoms with van der Waals surface area (Å²) in [5, 5.41) is 10.3. The van der Waals surface area contributed by atoms with E-state index < -0.39 is 50.3 Å². The Hall–Kier alpha value is -2.39. The number of imidazole rings is 1. The maximum atomic E-state index is 11.9. The lowest BCUT2D eigenvalue weighted by molar-refractivity contribution is -0.135. The average molecular weight is 480 g/mol. The molecule has 17 heteroatoms. The second-order valence-corrected chi connectivity index (χ2v) is 8.58. The van der Waals surface area contributed by atoms with Crippen molar-refractivity contribution < 1.29 is 38.5 Å². The van der Waals surface area contributed by atoms with Gasteiger partial charge in [0.2, 0.25) is 17.0 Å². The fourth-order valence-electron chi connectivity index (χ4n) is 2.92. The highest BCUT2D eigenvalue weighted by atomic mass is 35.5. The summed E-state index contributed by atoms with van der Waals surface area (Å²) in [6.45, 7) is 0.647. The Bertz CT molecular complexity index is 1050. The number of hydrogen-bond acceptors (Lipinski definition) is 10. The van der Waals surface area contributed by atoms with Gasteiger partial charge in [0.1, 0.15) is 11.6 Å². The second-order valence-electron chi connectivity index (χ2n) is 6.60. The van der Waals surface area contributed by atoms with Crippen molar-refractivity contribution in [1.82, 2.24) is 30.4 Å². The van der Waals surface area contributed by atoms with Gasteiger partial charge in [-0.25, -0.2) is 4.98 Å². The molecule has 1 unspecified atom stereocenters. The molecule has 1 aliphatic heterocycles. The molecule has 0 aromatic carbocycles. The molecule has 15 nitrogen and oxygen atoms in total. The molecule has 3 heterocycles. The summed E-state index contributed by atoms with van der Waals surface area (Å²) in [4.78, 5) is 53.5. The Labute approximate surface area is 179 Å². The molecule has 0 aliphatic carbocycles. The predicted octanol–water partition coefficient (Wildman–Crippen LogP) is -1.60. The summed E-state index contributed by atoms with van der Waals surface area (Å²) in [7, 11) is -5.04. The summed E-state index contributed by atoms with van der Waals surface area (Å²) < 4.78 is 23.8. The van der Waals surface area contributed by atoms with E-state index in [2.05, 4.69) is 15.0 Å². The van der Waals surface area contributed by atoms with E-state index in [4.69, 9.17) is 26.8 Å². The summed E-state index contributed by atoms with van der Waals surface area (Å²) in [6.07, 6.45) is -1.55. The molecule has 2 aromatic heterocycles. The van der Waals surface area contributed by atoms with Crippen LogP contribution >= 0.6 is 19.2 Å². The standard InChI is InChI=1S/C14H19ClN7O8P/c1-5(23)20-21-11(25)13(31(26,27)28)29-3-6-2-7(24)12(30-6)22-4-17-8-9(16)18-14(15)19-10(8)22/h4,6-7,12-13,24H,2-3H2,1H3,(H,20,23)(H,21,25)(H2,16,18,19)(H2,26,27,28)/t6-,7+,12+,13?/m0/s1. The van der Waals surface area contributed by atoms with Gasteiger partial charge in [-0.1, -0.05) is 0 Å². The van der Waals surface area contributed by atoms with Gasteiger partial charge in [-0.05, 0) is 11.6 Å². The number of halogens is 1. The van der Waals surface area contributed by atoms with Gasteiger partial charge in [-0.15, -0.1) is 0 Å². The first-order valence-corrected chi connectivity index (χ1v) is 10.8. The number of hydrazine groups is 1. The molecule has 0 bridgehead atoms. The minimum atomic E-state index is -5.04. The molecular weight excluding hydrogens is 461 g/mol. The molecule has 1 aliphatic rings. The number of nitrogen functional groups attached to an aromatic ring is 1. The van der Waals surface area contributed by atoms with Crippen molar-refractivity contribution in [2.45, 2.75) is 37.6 Å². The number of ether oxygens (including phenoxy) is 2. The predicted molar refractivity (Wildman–Crippen MR) is 103 cm³/mol. The zero-order valence-electron chi connectivity index (χ0n) is 15.9. The molecule has 4 atom stereocenters. The smallest absolute Gasteiger partial charge is 0.363 e. The van der Waals surface area contributed by atoms with Gasteiger partial charge in [0.15, 0.2) is 17.7 Å². The monoisotopic (exact) mass is 479 g/mol. The lowest BCUT2D eigenvalue weighted by Gasteiger charge is -2.21. The van der Waals surface area contributed by atoms with Crippen molar-refractivity contribution in [3.63, 3.8) is 0 Å². The van der Waals surface area contributed by atoms with Crippen molar-refractivity contribution in [1.29, 1.82) is 0 Å². The van der Waals surface area contributed by atoms with Gasteiger partial charge < -0.3 is 30.1 Å². The SMILES string of the molecule is CC(=O)NNC(=O)C(OC[C@@H]1C[C@@H](O)[C@H](n2cnc3c(N)nc(Cl)nc32)O1)P(=O)(O)O. The molecular formula is C14H19ClN7O8P. The number of aliphatic hydroxyl groups excluding tert-OH is 1. The van der Waals surface area contributed by atoms with Crippen LogP contribution < -0.4 is 16.6 Å². The van der Waals surface area contributed by atoms with Crippen LogP contribution in [-0.4, -0.2) is 70.9 Å². The third-order valence-corrected chi connectivity index (χ3v) is 5.36. The third-order valence-electron chi connectivity index (χ3n) is 4.19. The van der Waals surface area contributed by atoms with E-state index in [0.29, 0.717) is 0 Å². The van der Waals surface area contributed by atoms with Gasteiger partial charge in [0.05, 0.1) is 19.0 Å². The zero-order chi connectivity index (χ0) is 22.9. The lowest BCUT2D eigenvalue weighted by atomic mass is 10.2. The Balaban J connectivity index is 1.70. The molecule has 0 spiro atoms. The number of carbonyl (C=O) groups is 2. The van der Waals surface area contributed by atoms with Crippen LogP contribution in [0.5, 0.6) is 0 Å². The number of rotatable bonds is 6. The Morgan fingerprint density at radius 3 is 2.81 bits per heavy atom. The van der Waals surface area contributed by atoms with E-state index in [0.717, 1.165) is 6.92 Å². The number of nitrogens with one attached hydrogen (secondary N) is 2. The maximum Gasteiger partial charge on any atom is 0.363 e. The highest BCUT2D eigenvalue weighted by molar-refractivity contribution is 7.53. The minimum absolute atomic E-state index is 0.0137. The fourth-order valence-corrected chi connectivity index (χ4v) is 3.74. The van der Waals surface area contributed by atoms with Crippen LogP contribution in [0.1, 0.15) is 19.6 Å². The van der Waals surface area contributed by atoms with E-state index in [1.54, 1.807) is 0 Å². The van der Waals surface area contributed by atoms with E-state index in [-0.39, 0.29) is 28.7 Å². The molecule has 170 valence electrons. The molecule has 2 aromatic rings. The summed E-state index contributed by atoms with van der Waals surface area (Å²) >= 11 is 5.82. The number of hydrogen-bond donors (Lipinski definition) is 6. The van der Waals surface area contributed by atoms with Crippen LogP contribution in [0, 0.1) is 0 Å². The Kier molecular flexibility index (Phi) is 6.76. The van der Waals surface area contributed by atoms with E-state index in [1.165, 1.54) is 10.9 Å². The van der Waals surface area contributed by atoms with E-state index in [9.17, 15) is 29.0 Å². The van der Waals surface area contributed by atoms with Gasteiger partial charge in [-0.2, -0.15) is 9.97 Å². The average Bonchev–Trinajstić information content (AvgIpc) is 3.22. The quantitative estimate of drug-likeness (QED) is 0.156. The lowest BCUT2D eigenvalue weighted by Crippen LogP contribution is -2.46. The molecule has 0 radical (unpaired) electrons. The van der Waals surface area contributed by atoms with Crippen molar-refractivity contribution in [2.24, 2.45) is 0 Å². The van der Waals surface area contributed by atoms with Gasteiger partial charge in [0.25, 0.3) is 5.91 Å². The van der Waals surface area contributed by atoms with Crippen LogP contribution in [0.2, 0.25) is 5.28 Å². The van der Waals surface area contributed by atoms with Gasteiger partial charge >= 0.3 is 7.60 Å². The fraction of sp³-hybridized carbons (Fsp3) is 0.500. The van der Waals surface area contributed by atoms with Gasteiger partial charge in [-0.3, -0.25) is 29.6 Å². The second kappa shape index (κ2) is 9.00. The van der Waals surface area contributed by atoms with Crippen LogP contribution in [0.15, 0.2) is 6.33 Å². The number of nitrogens with zero attached hydrogens (tertiary/aromatic N) is 4. The van der Waals surface area contributed by atoms with Gasteiger partial charge in [0, 0.05) is 13.3 Å². The number of carbonyl (C=O) groups excluding carboxylic acids is 2. The number of aromatic nitrogens is 4. The van der Waals surface area contributed by atoms with Crippen LogP contribution in [-0.2, 0) is 23.6 Å². The molecule has 7 N–H and O–H groups in total. The van der Waals surface area contributed by atoms with E-state index >= 15 is 0 Å². The number of aliphatic hydroxyl groups is 1. The first kappa shape index (κ1) is 23.3. The van der Waals surface area contributed by atoms with Crippen molar-refractivity contribution in [2.75, 3.05) is 12.3 Å². The zero-order valence-corrected chi connectivity index (χ0v) is 17.5. The van der Waals surface area contributed by atoms with E-state index in [1.807, 2.05) is 10.9 Å². The maximum absolute atomic E-state index is 11.9.